The van der Waals surface area contributed by atoms with E-state index < -0.39 is 0 Å². The Labute approximate surface area is 159 Å². The zero-order valence-electron chi connectivity index (χ0n) is 16.6. The first kappa shape index (κ1) is 19.6. The second kappa shape index (κ2) is 8.67. The van der Waals surface area contributed by atoms with Crippen LogP contribution in [0.4, 0.5) is 0 Å². The number of ether oxygens (including phenoxy) is 1. The molecular weight excluding hydrogens is 346 g/mol. The number of nitrogens with one attached hydrogen (secondary N) is 1. The van der Waals surface area contributed by atoms with E-state index in [1.54, 1.807) is 7.05 Å². The van der Waals surface area contributed by atoms with Crippen molar-refractivity contribution in [2.45, 2.75) is 51.8 Å². The Morgan fingerprint density at radius 1 is 1.44 bits per heavy atom. The second-order valence-electron chi connectivity index (χ2n) is 6.91. The van der Waals surface area contributed by atoms with Crippen molar-refractivity contribution >= 4 is 5.91 Å². The molecule has 3 heterocycles. The molecule has 27 heavy (non-hydrogen) atoms. The van der Waals surface area contributed by atoms with Crippen molar-refractivity contribution in [1.29, 1.82) is 0 Å². The lowest BCUT2D eigenvalue weighted by Crippen LogP contribution is -2.34. The molecule has 0 saturated carbocycles. The Bertz CT molecular complexity index is 769. The maximum atomic E-state index is 12.0. The molecule has 8 nitrogen and oxygen atoms in total. The summed E-state index contributed by atoms with van der Waals surface area (Å²) in [5.41, 5.74) is 1.80. The van der Waals surface area contributed by atoms with E-state index in [-0.39, 0.29) is 18.1 Å². The summed E-state index contributed by atoms with van der Waals surface area (Å²) in [5, 5.41) is 6.75. The Balaban J connectivity index is 1.77. The predicted molar refractivity (Wildman–Crippen MR) is 100 cm³/mol. The molecule has 148 valence electrons. The third kappa shape index (κ3) is 4.22. The van der Waals surface area contributed by atoms with Gasteiger partial charge in [-0.15, -0.1) is 0 Å². The Kier molecular flexibility index (Phi) is 6.28. The van der Waals surface area contributed by atoms with Gasteiger partial charge in [0.2, 0.25) is 5.89 Å². The number of amides is 1. The molecule has 1 saturated heterocycles. The van der Waals surface area contributed by atoms with Crippen molar-refractivity contribution in [1.82, 2.24) is 24.9 Å². The summed E-state index contributed by atoms with van der Waals surface area (Å²) >= 11 is 0. The number of hydrogen-bond donors (Lipinski definition) is 1. The van der Waals surface area contributed by atoms with Crippen LogP contribution >= 0.6 is 0 Å². The molecule has 2 aromatic rings. The molecule has 1 aliphatic heterocycles. The number of carbonyl (C=O) groups is 1. The molecular formula is C19H29N5O3. The maximum Gasteiger partial charge on any atom is 0.267 e. The predicted octanol–water partition coefficient (Wildman–Crippen LogP) is 2.59. The topological polar surface area (TPSA) is 85.4 Å². The minimum atomic E-state index is -0.173. The van der Waals surface area contributed by atoms with Gasteiger partial charge in [0.05, 0.1) is 12.6 Å². The van der Waals surface area contributed by atoms with Crippen LogP contribution in [0, 0.1) is 0 Å². The van der Waals surface area contributed by atoms with Crippen LogP contribution in [0.25, 0.3) is 0 Å². The number of rotatable bonds is 7. The Hall–Kier alpha value is -2.19. The van der Waals surface area contributed by atoms with Crippen LogP contribution in [-0.4, -0.2) is 45.7 Å². The molecule has 2 atom stereocenters. The number of likely N-dealkylation sites (tertiary alicyclic amines) is 1. The quantitative estimate of drug-likeness (QED) is 0.801. The minimum Gasteiger partial charge on any atom is -0.371 e. The first-order chi connectivity index (χ1) is 13.0. The lowest BCUT2D eigenvalue weighted by atomic mass is 9.99. The Morgan fingerprint density at radius 2 is 2.26 bits per heavy atom. The fraction of sp³-hybridized carbons (Fsp3) is 0.632. The van der Waals surface area contributed by atoms with Gasteiger partial charge in [0.25, 0.3) is 5.91 Å². The van der Waals surface area contributed by atoms with Crippen molar-refractivity contribution in [2.75, 3.05) is 20.2 Å². The van der Waals surface area contributed by atoms with E-state index in [1.807, 2.05) is 37.6 Å². The SMILES string of the molecule is CCO[C@@H](C)c1noc(CN2CCCC[C@@H]2c2ccc(C(=O)NC)n2C)n1. The molecule has 2 aromatic heterocycles. The van der Waals surface area contributed by atoms with Gasteiger partial charge in [-0.25, -0.2) is 0 Å². The summed E-state index contributed by atoms with van der Waals surface area (Å²) in [5.74, 6) is 1.11. The van der Waals surface area contributed by atoms with Crippen LogP contribution in [-0.2, 0) is 18.3 Å². The lowest BCUT2D eigenvalue weighted by molar-refractivity contribution is 0.0683. The van der Waals surface area contributed by atoms with Crippen molar-refractivity contribution in [3.63, 3.8) is 0 Å². The monoisotopic (exact) mass is 375 g/mol. The molecule has 1 aliphatic rings. The van der Waals surface area contributed by atoms with Gasteiger partial charge >= 0.3 is 0 Å². The average Bonchev–Trinajstić information content (AvgIpc) is 3.29. The van der Waals surface area contributed by atoms with Gasteiger partial charge in [0, 0.05) is 26.4 Å². The van der Waals surface area contributed by atoms with E-state index in [0.717, 1.165) is 31.5 Å². The fourth-order valence-electron chi connectivity index (χ4n) is 3.73. The third-order valence-corrected chi connectivity index (χ3v) is 5.18. The molecule has 0 radical (unpaired) electrons. The average molecular weight is 375 g/mol. The molecule has 0 aromatic carbocycles. The smallest absolute Gasteiger partial charge is 0.267 e. The van der Waals surface area contributed by atoms with Crippen LogP contribution < -0.4 is 5.32 Å². The summed E-state index contributed by atoms with van der Waals surface area (Å²) < 4.78 is 13.0. The van der Waals surface area contributed by atoms with E-state index in [9.17, 15) is 4.79 Å². The van der Waals surface area contributed by atoms with E-state index in [4.69, 9.17) is 9.26 Å². The first-order valence-electron chi connectivity index (χ1n) is 9.61. The van der Waals surface area contributed by atoms with E-state index in [0.29, 0.717) is 30.6 Å². The summed E-state index contributed by atoms with van der Waals surface area (Å²) in [6, 6.07) is 4.15. The van der Waals surface area contributed by atoms with Crippen molar-refractivity contribution in [3.05, 3.63) is 35.2 Å². The van der Waals surface area contributed by atoms with Gasteiger partial charge in [0.1, 0.15) is 11.8 Å². The zero-order valence-corrected chi connectivity index (χ0v) is 16.6. The molecule has 0 bridgehead atoms. The van der Waals surface area contributed by atoms with Crippen molar-refractivity contribution in [3.8, 4) is 0 Å². The highest BCUT2D eigenvalue weighted by molar-refractivity contribution is 5.92. The van der Waals surface area contributed by atoms with Gasteiger partial charge in [-0.1, -0.05) is 11.6 Å². The molecule has 1 N–H and O–H groups in total. The van der Waals surface area contributed by atoms with Crippen LogP contribution in [0.1, 0.15) is 73.2 Å². The van der Waals surface area contributed by atoms with Crippen molar-refractivity contribution in [2.24, 2.45) is 7.05 Å². The third-order valence-electron chi connectivity index (χ3n) is 5.18. The molecule has 1 amide bonds. The van der Waals surface area contributed by atoms with Gasteiger partial charge < -0.3 is 19.1 Å². The normalized spacial score (nSPS) is 19.2. The second-order valence-corrected chi connectivity index (χ2v) is 6.91. The van der Waals surface area contributed by atoms with E-state index in [1.165, 1.54) is 0 Å². The van der Waals surface area contributed by atoms with E-state index in [2.05, 4.69) is 20.4 Å². The minimum absolute atomic E-state index is 0.0717. The highest BCUT2D eigenvalue weighted by atomic mass is 16.5. The number of nitrogens with zero attached hydrogens (tertiary/aromatic N) is 4. The molecule has 3 rings (SSSR count). The molecule has 0 spiro atoms. The maximum absolute atomic E-state index is 12.0. The summed E-state index contributed by atoms with van der Waals surface area (Å²) in [6.07, 6.45) is 3.17. The largest absolute Gasteiger partial charge is 0.371 e. The van der Waals surface area contributed by atoms with Gasteiger partial charge in [0.15, 0.2) is 5.82 Å². The summed E-state index contributed by atoms with van der Waals surface area (Å²) in [7, 11) is 3.60. The standard InChI is InChI=1S/C19H29N5O3/c1-5-26-13(2)18-21-17(27-22-18)12-24-11-7-6-8-15(24)14-9-10-16(23(14)4)19(25)20-3/h9-10,13,15H,5-8,11-12H2,1-4H3,(H,20,25)/t13-,15+/m0/s1. The van der Waals surface area contributed by atoms with Crippen LogP contribution in [0.15, 0.2) is 16.7 Å². The van der Waals surface area contributed by atoms with Gasteiger partial charge in [-0.05, 0) is 45.4 Å². The van der Waals surface area contributed by atoms with Crippen LogP contribution in [0.2, 0.25) is 0 Å². The first-order valence-corrected chi connectivity index (χ1v) is 9.61. The van der Waals surface area contributed by atoms with Crippen LogP contribution in [0.3, 0.4) is 0 Å². The fourth-order valence-corrected chi connectivity index (χ4v) is 3.73. The molecule has 1 fully saturated rings. The number of carbonyl (C=O) groups excluding carboxylic acids is 1. The van der Waals surface area contributed by atoms with Gasteiger partial charge in [-0.2, -0.15) is 4.98 Å². The van der Waals surface area contributed by atoms with Crippen molar-refractivity contribution < 1.29 is 14.1 Å². The zero-order chi connectivity index (χ0) is 19.4. The number of aromatic nitrogens is 3. The molecule has 8 heteroatoms. The highest BCUT2D eigenvalue weighted by Gasteiger charge is 2.29. The number of piperidine rings is 1. The molecule has 0 unspecified atom stereocenters. The lowest BCUT2D eigenvalue weighted by Gasteiger charge is -2.35. The Morgan fingerprint density at radius 3 is 3.00 bits per heavy atom. The number of hydrogen-bond acceptors (Lipinski definition) is 6. The summed E-state index contributed by atoms with van der Waals surface area (Å²) in [6.45, 7) is 6.04. The van der Waals surface area contributed by atoms with E-state index >= 15 is 0 Å². The van der Waals surface area contributed by atoms with Gasteiger partial charge in [-0.3, -0.25) is 9.69 Å². The molecule has 0 aliphatic carbocycles. The summed E-state index contributed by atoms with van der Waals surface area (Å²) in [4.78, 5) is 18.9. The van der Waals surface area contributed by atoms with Crippen LogP contribution in [0.5, 0.6) is 0 Å². The highest BCUT2D eigenvalue weighted by Crippen LogP contribution is 2.33.